The van der Waals surface area contributed by atoms with E-state index in [2.05, 4.69) is 5.32 Å². The van der Waals surface area contributed by atoms with Gasteiger partial charge in [0.15, 0.2) is 17.6 Å². The lowest BCUT2D eigenvalue weighted by molar-refractivity contribution is -0.123. The van der Waals surface area contributed by atoms with Crippen molar-refractivity contribution in [3.8, 4) is 11.5 Å². The number of carbonyl (C=O) groups excluding carboxylic acids is 1. The third-order valence-electron chi connectivity index (χ3n) is 3.72. The summed E-state index contributed by atoms with van der Waals surface area (Å²) in [5.74, 6) is 0.863. The van der Waals surface area contributed by atoms with Gasteiger partial charge in [0.25, 0.3) is 5.91 Å². The summed E-state index contributed by atoms with van der Waals surface area (Å²) >= 11 is 0. The van der Waals surface area contributed by atoms with E-state index in [1.54, 1.807) is 12.1 Å². The highest BCUT2D eigenvalue weighted by atomic mass is 16.5. The number of aliphatic hydroxyl groups is 1. The van der Waals surface area contributed by atoms with Gasteiger partial charge in [0, 0.05) is 0 Å². The van der Waals surface area contributed by atoms with Gasteiger partial charge in [-0.25, -0.2) is 0 Å². The highest BCUT2D eigenvalue weighted by Gasteiger charge is 2.29. The predicted molar refractivity (Wildman–Crippen MR) is 86.5 cm³/mol. The smallest absolute Gasteiger partial charge is 0.265 e. The number of rotatable bonds is 5. The van der Waals surface area contributed by atoms with Crippen LogP contribution >= 0.6 is 0 Å². The van der Waals surface area contributed by atoms with Crippen LogP contribution in [0.2, 0.25) is 0 Å². The van der Waals surface area contributed by atoms with Gasteiger partial charge in [-0.15, -0.1) is 0 Å². The average molecular weight is 313 g/mol. The summed E-state index contributed by atoms with van der Waals surface area (Å²) in [5, 5.41) is 12.2. The van der Waals surface area contributed by atoms with E-state index < -0.39 is 6.10 Å². The number of amides is 1. The Balaban J connectivity index is 1.89. The number of benzene rings is 2. The van der Waals surface area contributed by atoms with Crippen LogP contribution < -0.4 is 14.8 Å². The molecular weight excluding hydrogens is 294 g/mol. The molecule has 5 heteroatoms. The molecule has 120 valence electrons. The lowest BCUT2D eigenvalue weighted by Gasteiger charge is -2.27. The van der Waals surface area contributed by atoms with E-state index >= 15 is 0 Å². The lowest BCUT2D eigenvalue weighted by Crippen LogP contribution is -2.36. The second-order valence-electron chi connectivity index (χ2n) is 5.41. The molecule has 0 aliphatic carbocycles. The molecule has 0 saturated carbocycles. The third-order valence-corrected chi connectivity index (χ3v) is 3.72. The molecule has 5 nitrogen and oxygen atoms in total. The Morgan fingerprint density at radius 3 is 2.70 bits per heavy atom. The Bertz CT molecular complexity index is 700. The minimum atomic E-state index is -0.526. The Morgan fingerprint density at radius 2 is 2.00 bits per heavy atom. The van der Waals surface area contributed by atoms with Crippen molar-refractivity contribution >= 4 is 11.6 Å². The molecule has 0 fully saturated rings. The number of anilines is 1. The second-order valence-corrected chi connectivity index (χ2v) is 5.41. The maximum atomic E-state index is 11.9. The van der Waals surface area contributed by atoms with Crippen molar-refractivity contribution in [2.45, 2.75) is 32.7 Å². The molecule has 0 spiro atoms. The number of ether oxygens (including phenoxy) is 2. The number of nitrogens with one attached hydrogen (secondary N) is 1. The first kappa shape index (κ1) is 15.4. The molecule has 1 aliphatic heterocycles. The summed E-state index contributed by atoms with van der Waals surface area (Å²) in [6, 6.07) is 13.2. The monoisotopic (exact) mass is 313 g/mol. The van der Waals surface area contributed by atoms with Crippen LogP contribution in [0, 0.1) is 0 Å². The Morgan fingerprint density at radius 1 is 1.22 bits per heavy atom. The first-order chi connectivity index (χ1) is 11.2. The summed E-state index contributed by atoms with van der Waals surface area (Å²) in [7, 11) is 0. The van der Waals surface area contributed by atoms with Crippen molar-refractivity contribution in [1.29, 1.82) is 0 Å². The molecule has 1 atom stereocenters. The molecule has 1 aliphatic rings. The van der Waals surface area contributed by atoms with Crippen molar-refractivity contribution in [1.82, 2.24) is 0 Å². The van der Waals surface area contributed by atoms with Gasteiger partial charge in [-0.05, 0) is 29.7 Å². The SMILES string of the molecule is CCC1Oc2c(cc(CO)cc2OCc2ccccc2)NC1=O. The normalized spacial score (nSPS) is 16.3. The number of hydrogen-bond donors (Lipinski definition) is 2. The van der Waals surface area contributed by atoms with Crippen molar-refractivity contribution in [3.63, 3.8) is 0 Å². The molecule has 2 aromatic rings. The van der Waals surface area contributed by atoms with Crippen LogP contribution in [0.15, 0.2) is 42.5 Å². The fourth-order valence-corrected chi connectivity index (χ4v) is 2.49. The van der Waals surface area contributed by atoms with E-state index in [4.69, 9.17) is 9.47 Å². The summed E-state index contributed by atoms with van der Waals surface area (Å²) < 4.78 is 11.7. The fraction of sp³-hybridized carbons (Fsp3) is 0.278. The van der Waals surface area contributed by atoms with Gasteiger partial charge >= 0.3 is 0 Å². The highest BCUT2D eigenvalue weighted by molar-refractivity contribution is 5.98. The topological polar surface area (TPSA) is 67.8 Å². The molecule has 23 heavy (non-hydrogen) atoms. The Kier molecular flexibility index (Phi) is 4.48. The average Bonchev–Trinajstić information content (AvgIpc) is 2.59. The summed E-state index contributed by atoms with van der Waals surface area (Å²) in [6.45, 7) is 2.14. The molecule has 1 unspecified atom stereocenters. The van der Waals surface area contributed by atoms with Crippen LogP contribution in [0.3, 0.4) is 0 Å². The minimum absolute atomic E-state index is 0.137. The molecule has 2 aromatic carbocycles. The third kappa shape index (κ3) is 3.29. The molecule has 0 aromatic heterocycles. The van der Waals surface area contributed by atoms with Crippen molar-refractivity contribution in [2.75, 3.05) is 5.32 Å². The molecule has 0 radical (unpaired) electrons. The van der Waals surface area contributed by atoms with Crippen LogP contribution in [0.5, 0.6) is 11.5 Å². The Hall–Kier alpha value is -2.53. The molecule has 1 heterocycles. The van der Waals surface area contributed by atoms with Gasteiger partial charge in [0.2, 0.25) is 0 Å². The van der Waals surface area contributed by atoms with Crippen LogP contribution in [-0.2, 0) is 18.0 Å². The van der Waals surface area contributed by atoms with Crippen LogP contribution in [0.25, 0.3) is 0 Å². The van der Waals surface area contributed by atoms with E-state index in [0.717, 1.165) is 5.56 Å². The largest absolute Gasteiger partial charge is 0.485 e. The van der Waals surface area contributed by atoms with E-state index in [0.29, 0.717) is 35.8 Å². The second kappa shape index (κ2) is 6.71. The molecular formula is C18H19NO4. The van der Waals surface area contributed by atoms with Crippen molar-refractivity contribution < 1.29 is 19.4 Å². The van der Waals surface area contributed by atoms with Gasteiger partial charge in [-0.2, -0.15) is 0 Å². The standard InChI is InChI=1S/C18H19NO4/c1-2-15-18(21)19-14-8-13(10-20)9-16(17(14)23-15)22-11-12-6-4-3-5-7-12/h3-9,15,20H,2,10-11H2,1H3,(H,19,21). The predicted octanol–water partition coefficient (Wildman–Crippen LogP) is 2.87. The molecule has 3 rings (SSSR count). The van der Waals surface area contributed by atoms with E-state index in [1.807, 2.05) is 37.3 Å². The molecule has 0 saturated heterocycles. The maximum Gasteiger partial charge on any atom is 0.265 e. The minimum Gasteiger partial charge on any atom is -0.485 e. The van der Waals surface area contributed by atoms with Gasteiger partial charge in [-0.3, -0.25) is 4.79 Å². The quantitative estimate of drug-likeness (QED) is 0.890. The lowest BCUT2D eigenvalue weighted by atomic mass is 10.1. The Labute approximate surface area is 134 Å². The van der Waals surface area contributed by atoms with Gasteiger partial charge in [-0.1, -0.05) is 37.3 Å². The van der Waals surface area contributed by atoms with Crippen LogP contribution in [-0.4, -0.2) is 17.1 Å². The molecule has 1 amide bonds. The molecule has 0 bridgehead atoms. The van der Waals surface area contributed by atoms with Crippen LogP contribution in [0.4, 0.5) is 5.69 Å². The zero-order chi connectivity index (χ0) is 16.2. The zero-order valence-electron chi connectivity index (χ0n) is 12.9. The number of aliphatic hydroxyl groups excluding tert-OH is 1. The zero-order valence-corrected chi connectivity index (χ0v) is 12.9. The van der Waals surface area contributed by atoms with Gasteiger partial charge < -0.3 is 19.9 Å². The summed E-state index contributed by atoms with van der Waals surface area (Å²) in [4.78, 5) is 11.9. The van der Waals surface area contributed by atoms with Crippen molar-refractivity contribution in [2.24, 2.45) is 0 Å². The maximum absolute atomic E-state index is 11.9. The highest BCUT2D eigenvalue weighted by Crippen LogP contribution is 2.41. The van der Waals surface area contributed by atoms with Gasteiger partial charge in [0.05, 0.1) is 12.3 Å². The molecule has 2 N–H and O–H groups in total. The van der Waals surface area contributed by atoms with E-state index in [9.17, 15) is 9.90 Å². The summed E-state index contributed by atoms with van der Waals surface area (Å²) in [6.07, 6.45) is 0.0482. The number of fused-ring (bicyclic) bond motifs is 1. The van der Waals surface area contributed by atoms with E-state index in [-0.39, 0.29) is 12.5 Å². The summed E-state index contributed by atoms with van der Waals surface area (Å²) in [5.41, 5.74) is 2.22. The van der Waals surface area contributed by atoms with Crippen LogP contribution in [0.1, 0.15) is 24.5 Å². The van der Waals surface area contributed by atoms with E-state index in [1.165, 1.54) is 0 Å². The number of carbonyl (C=O) groups is 1. The van der Waals surface area contributed by atoms with Crippen molar-refractivity contribution in [3.05, 3.63) is 53.6 Å². The number of hydrogen-bond acceptors (Lipinski definition) is 4. The van der Waals surface area contributed by atoms with Gasteiger partial charge in [0.1, 0.15) is 6.61 Å². The first-order valence-electron chi connectivity index (χ1n) is 7.63. The first-order valence-corrected chi connectivity index (χ1v) is 7.63. The fourth-order valence-electron chi connectivity index (χ4n) is 2.49.